The number of carbonyl (C=O) groups excluding carboxylic acids is 2. The lowest BCUT2D eigenvalue weighted by atomic mass is 9.71. The zero-order valence-electron chi connectivity index (χ0n) is 18.7. The number of piperidine rings is 1. The molecule has 0 unspecified atom stereocenters. The van der Waals surface area contributed by atoms with Gasteiger partial charge in [-0.2, -0.15) is 0 Å². The number of nitrogens with zero attached hydrogens (tertiary/aromatic N) is 1. The van der Waals surface area contributed by atoms with Crippen molar-refractivity contribution in [3.05, 3.63) is 47.0 Å². The average molecular weight is 427 g/mol. The van der Waals surface area contributed by atoms with Gasteiger partial charge in [0.15, 0.2) is 0 Å². The van der Waals surface area contributed by atoms with E-state index in [-0.39, 0.29) is 29.4 Å². The molecule has 3 aliphatic rings. The third-order valence-corrected chi connectivity index (χ3v) is 7.16. The Morgan fingerprint density at radius 1 is 1.19 bits per heavy atom. The highest BCUT2D eigenvalue weighted by Crippen LogP contribution is 2.52. The number of fused-ring (bicyclic) bond motifs is 2. The molecular weight excluding hydrogens is 392 g/mol. The quantitative estimate of drug-likeness (QED) is 0.680. The van der Waals surface area contributed by atoms with Gasteiger partial charge in [-0.05, 0) is 43.2 Å². The summed E-state index contributed by atoms with van der Waals surface area (Å²) >= 11 is 0. The molecule has 1 heterocycles. The first-order valence-electron chi connectivity index (χ1n) is 11.6. The Morgan fingerprint density at radius 3 is 2.65 bits per heavy atom. The van der Waals surface area contributed by atoms with E-state index in [1.54, 1.807) is 7.11 Å². The molecule has 6 nitrogen and oxygen atoms in total. The van der Waals surface area contributed by atoms with Gasteiger partial charge in [0, 0.05) is 37.6 Å². The summed E-state index contributed by atoms with van der Waals surface area (Å²) in [6.45, 7) is 4.28. The van der Waals surface area contributed by atoms with Crippen molar-refractivity contribution in [2.24, 2.45) is 0 Å². The highest BCUT2D eigenvalue weighted by atomic mass is 16.5. The first kappa shape index (κ1) is 22.0. The Balaban J connectivity index is 1.60. The molecule has 4 rings (SSSR count). The first-order valence-corrected chi connectivity index (χ1v) is 11.6. The van der Waals surface area contributed by atoms with Gasteiger partial charge in [-0.1, -0.05) is 37.3 Å². The Bertz CT molecular complexity index is 842. The topological polar surface area (TPSA) is 67.9 Å². The molecule has 1 aliphatic heterocycles. The van der Waals surface area contributed by atoms with Crippen LogP contribution in [0, 0.1) is 0 Å². The fraction of sp³-hybridized carbons (Fsp3) is 0.600. The number of hydrogen-bond donors (Lipinski definition) is 1. The number of benzene rings is 1. The van der Waals surface area contributed by atoms with Crippen LogP contribution in [0.25, 0.3) is 0 Å². The molecule has 1 N–H and O–H groups in total. The summed E-state index contributed by atoms with van der Waals surface area (Å²) in [7, 11) is 1.67. The lowest BCUT2D eigenvalue weighted by Crippen LogP contribution is -2.52. The number of carbonyl (C=O) groups is 2. The van der Waals surface area contributed by atoms with E-state index in [1.807, 2.05) is 17.9 Å². The number of methoxy groups -OCH3 is 1. The molecule has 1 aromatic carbocycles. The zero-order chi connectivity index (χ0) is 21.8. The lowest BCUT2D eigenvalue weighted by molar-refractivity contribution is -0.130. The van der Waals surface area contributed by atoms with E-state index in [9.17, 15) is 9.59 Å². The first-order chi connectivity index (χ1) is 15.1. The minimum Gasteiger partial charge on any atom is -0.382 e. The largest absolute Gasteiger partial charge is 0.382 e. The highest BCUT2D eigenvalue weighted by Gasteiger charge is 2.54. The van der Waals surface area contributed by atoms with E-state index in [4.69, 9.17) is 9.47 Å². The summed E-state index contributed by atoms with van der Waals surface area (Å²) in [5, 5.41) is 3.22. The third-order valence-electron chi connectivity index (χ3n) is 7.16. The van der Waals surface area contributed by atoms with E-state index in [2.05, 4.69) is 29.6 Å². The van der Waals surface area contributed by atoms with Crippen LogP contribution < -0.4 is 5.32 Å². The van der Waals surface area contributed by atoms with E-state index in [1.165, 1.54) is 5.56 Å². The second kappa shape index (κ2) is 9.53. The third kappa shape index (κ3) is 4.15. The molecule has 0 radical (unpaired) electrons. The van der Waals surface area contributed by atoms with Crippen molar-refractivity contribution in [1.29, 1.82) is 0 Å². The van der Waals surface area contributed by atoms with Crippen molar-refractivity contribution in [3.63, 3.8) is 0 Å². The van der Waals surface area contributed by atoms with Crippen molar-refractivity contribution in [2.75, 3.05) is 33.4 Å². The Morgan fingerprint density at radius 2 is 1.97 bits per heavy atom. The maximum absolute atomic E-state index is 12.9. The second-order valence-corrected chi connectivity index (χ2v) is 8.84. The summed E-state index contributed by atoms with van der Waals surface area (Å²) in [6.07, 6.45) is 7.04. The molecule has 2 amide bonds. The molecule has 2 atom stereocenters. The maximum Gasteiger partial charge on any atom is 0.249 e. The summed E-state index contributed by atoms with van der Waals surface area (Å²) in [4.78, 5) is 27.3. The number of nitrogens with one attached hydrogen (secondary N) is 1. The molecular formula is C25H34N2O4. The number of allylic oxidation sites excluding steroid dienone is 1. The predicted octanol–water partition coefficient (Wildman–Crippen LogP) is 3.27. The monoisotopic (exact) mass is 426 g/mol. The van der Waals surface area contributed by atoms with E-state index in [0.29, 0.717) is 32.7 Å². The van der Waals surface area contributed by atoms with E-state index < -0.39 is 0 Å². The van der Waals surface area contributed by atoms with E-state index >= 15 is 0 Å². The van der Waals surface area contributed by atoms with Gasteiger partial charge in [-0.15, -0.1) is 0 Å². The van der Waals surface area contributed by atoms with Crippen LogP contribution in [0.15, 0.2) is 35.9 Å². The number of ether oxygens (including phenoxy) is 2. The highest BCUT2D eigenvalue weighted by molar-refractivity contribution is 5.93. The van der Waals surface area contributed by atoms with Crippen LogP contribution in [0.5, 0.6) is 0 Å². The van der Waals surface area contributed by atoms with Gasteiger partial charge in [0.2, 0.25) is 11.8 Å². The molecule has 6 heteroatoms. The normalized spacial score (nSPS) is 24.2. The molecule has 0 saturated carbocycles. The van der Waals surface area contributed by atoms with Crippen molar-refractivity contribution in [2.45, 2.75) is 63.0 Å². The molecule has 0 aromatic heterocycles. The van der Waals surface area contributed by atoms with Gasteiger partial charge in [0.1, 0.15) is 0 Å². The molecule has 0 bridgehead atoms. The molecule has 168 valence electrons. The van der Waals surface area contributed by atoms with Crippen LogP contribution in [0.3, 0.4) is 0 Å². The maximum atomic E-state index is 12.9. The van der Waals surface area contributed by atoms with Gasteiger partial charge in [0.05, 0.1) is 25.4 Å². The summed E-state index contributed by atoms with van der Waals surface area (Å²) in [5.41, 5.74) is 3.16. The molecule has 1 aromatic rings. The van der Waals surface area contributed by atoms with Crippen LogP contribution in [0.1, 0.15) is 62.6 Å². The summed E-state index contributed by atoms with van der Waals surface area (Å²) < 4.78 is 11.6. The van der Waals surface area contributed by atoms with E-state index in [0.717, 1.165) is 43.2 Å². The van der Waals surface area contributed by atoms with Crippen molar-refractivity contribution >= 4 is 11.8 Å². The molecule has 1 saturated heterocycles. The van der Waals surface area contributed by atoms with Crippen LogP contribution in [-0.2, 0) is 24.5 Å². The fourth-order valence-corrected chi connectivity index (χ4v) is 5.53. The van der Waals surface area contributed by atoms with Crippen molar-refractivity contribution in [3.8, 4) is 0 Å². The lowest BCUT2D eigenvalue weighted by Gasteiger charge is -2.44. The van der Waals surface area contributed by atoms with Gasteiger partial charge < -0.3 is 19.7 Å². The average Bonchev–Trinajstić information content (AvgIpc) is 3.42. The summed E-state index contributed by atoms with van der Waals surface area (Å²) in [5.74, 6) is 0.226. The minimum absolute atomic E-state index is 0.0259. The van der Waals surface area contributed by atoms with Crippen LogP contribution in [-0.4, -0.2) is 56.2 Å². The van der Waals surface area contributed by atoms with Gasteiger partial charge in [0.25, 0.3) is 0 Å². The number of rotatable bonds is 7. The molecule has 31 heavy (non-hydrogen) atoms. The van der Waals surface area contributed by atoms with Crippen LogP contribution in [0.2, 0.25) is 0 Å². The Kier molecular flexibility index (Phi) is 6.77. The summed E-state index contributed by atoms with van der Waals surface area (Å²) in [6, 6.07) is 8.20. The molecule has 2 aliphatic carbocycles. The fourth-order valence-electron chi connectivity index (χ4n) is 5.53. The van der Waals surface area contributed by atoms with Crippen molar-refractivity contribution in [1.82, 2.24) is 10.2 Å². The Labute approximate surface area is 185 Å². The number of likely N-dealkylation sites (tertiary alicyclic amines) is 1. The van der Waals surface area contributed by atoms with Gasteiger partial charge in [-0.25, -0.2) is 0 Å². The molecule has 1 fully saturated rings. The number of hydrogen-bond acceptors (Lipinski definition) is 4. The van der Waals surface area contributed by atoms with Gasteiger partial charge >= 0.3 is 0 Å². The van der Waals surface area contributed by atoms with Crippen LogP contribution >= 0.6 is 0 Å². The minimum atomic E-state index is -0.211. The smallest absolute Gasteiger partial charge is 0.249 e. The standard InChI is InChI=1S/C25H34N2O4/c1-3-21(28)26-22-19-10-6-7-11-20(19)25(23(22)31-17-16-30-2)12-14-27(15-13-25)24(29)18-8-4-5-9-18/h6-8,10-11,22-23H,3-5,9,12-17H2,1-2H3,(H,26,28)/t22-,23+/m1/s1. The zero-order valence-corrected chi connectivity index (χ0v) is 18.7. The Hall–Kier alpha value is -2.18. The van der Waals surface area contributed by atoms with Crippen molar-refractivity contribution < 1.29 is 19.1 Å². The van der Waals surface area contributed by atoms with Gasteiger partial charge in [-0.3, -0.25) is 9.59 Å². The number of amides is 2. The SMILES string of the molecule is CCC(=O)N[C@@H]1c2ccccc2C2(CCN(C(=O)C3=CCCC3)CC2)[C@H]1OCCOC. The van der Waals surface area contributed by atoms with Crippen LogP contribution in [0.4, 0.5) is 0 Å². The second-order valence-electron chi connectivity index (χ2n) is 8.84. The molecule has 1 spiro atoms. The predicted molar refractivity (Wildman–Crippen MR) is 119 cm³/mol.